The number of ether oxygens (including phenoxy) is 2. The van der Waals surface area contributed by atoms with Crippen LogP contribution in [-0.2, 0) is 14.9 Å². The Balaban J connectivity index is 1.55. The zero-order valence-electron chi connectivity index (χ0n) is 15.8. The zero-order chi connectivity index (χ0) is 19.4. The summed E-state index contributed by atoms with van der Waals surface area (Å²) in [6.45, 7) is 2.08. The van der Waals surface area contributed by atoms with Crippen molar-refractivity contribution in [1.29, 1.82) is 0 Å². The molecule has 0 radical (unpaired) electrons. The molecule has 1 atom stereocenters. The second-order valence-corrected chi connectivity index (χ2v) is 9.21. The van der Waals surface area contributed by atoms with Gasteiger partial charge in [0.05, 0.1) is 12.6 Å². The minimum Gasteiger partial charge on any atom is -0.490 e. The van der Waals surface area contributed by atoms with Gasteiger partial charge in [-0.2, -0.15) is 17.0 Å². The first-order valence-electron chi connectivity index (χ1n) is 9.19. The second kappa shape index (κ2) is 8.55. The van der Waals surface area contributed by atoms with Crippen molar-refractivity contribution in [2.45, 2.75) is 31.4 Å². The fraction of sp³-hybridized carbons (Fsp3) is 0.611. The number of hydrogen-bond acceptors (Lipinski definition) is 5. The molecule has 0 unspecified atom stereocenters. The molecule has 2 heterocycles. The molecule has 1 aromatic rings. The Kier molecular flexibility index (Phi) is 6.36. The number of benzene rings is 1. The highest BCUT2D eigenvalue weighted by Crippen LogP contribution is 2.22. The molecule has 8 nitrogen and oxygen atoms in total. The fourth-order valence-corrected chi connectivity index (χ4v) is 4.37. The van der Waals surface area contributed by atoms with Crippen LogP contribution < -0.4 is 10.1 Å². The molecule has 150 valence electrons. The van der Waals surface area contributed by atoms with Crippen LogP contribution in [0.1, 0.15) is 29.6 Å². The molecule has 0 aliphatic carbocycles. The summed E-state index contributed by atoms with van der Waals surface area (Å²) in [5, 5.41) is 2.96. The van der Waals surface area contributed by atoms with Crippen molar-refractivity contribution < 1.29 is 22.7 Å². The van der Waals surface area contributed by atoms with Gasteiger partial charge in [-0.15, -0.1) is 0 Å². The van der Waals surface area contributed by atoms with Gasteiger partial charge in [0, 0.05) is 39.4 Å². The van der Waals surface area contributed by atoms with Gasteiger partial charge in [-0.3, -0.25) is 4.79 Å². The molecule has 9 heteroatoms. The molecule has 1 N–H and O–H groups in total. The lowest BCUT2D eigenvalue weighted by Gasteiger charge is -2.32. The van der Waals surface area contributed by atoms with Crippen LogP contribution in [-0.4, -0.2) is 75.5 Å². The molecule has 1 amide bonds. The van der Waals surface area contributed by atoms with Crippen LogP contribution in [0.5, 0.6) is 5.75 Å². The number of rotatable bonds is 6. The lowest BCUT2D eigenvalue weighted by molar-refractivity contribution is 0.0928. The van der Waals surface area contributed by atoms with E-state index in [0.717, 1.165) is 6.42 Å². The van der Waals surface area contributed by atoms with Crippen molar-refractivity contribution in [3.8, 4) is 5.75 Å². The normalized spacial score (nSPS) is 22.1. The summed E-state index contributed by atoms with van der Waals surface area (Å²) < 4.78 is 38.3. The Morgan fingerprint density at radius 2 is 2.00 bits per heavy atom. The maximum Gasteiger partial charge on any atom is 0.281 e. The van der Waals surface area contributed by atoms with E-state index in [-0.39, 0.29) is 18.1 Å². The Hall–Kier alpha value is -1.68. The van der Waals surface area contributed by atoms with Crippen LogP contribution in [0.25, 0.3) is 0 Å². The van der Waals surface area contributed by atoms with Crippen LogP contribution in [0.4, 0.5) is 0 Å². The van der Waals surface area contributed by atoms with E-state index in [2.05, 4.69) is 5.32 Å². The summed E-state index contributed by atoms with van der Waals surface area (Å²) in [7, 11) is -0.310. The lowest BCUT2D eigenvalue weighted by atomic mass is 10.1. The molecule has 2 aliphatic heterocycles. The summed E-state index contributed by atoms with van der Waals surface area (Å²) in [4.78, 5) is 12.4. The Morgan fingerprint density at radius 1 is 1.26 bits per heavy atom. The van der Waals surface area contributed by atoms with Crippen molar-refractivity contribution in [2.24, 2.45) is 0 Å². The van der Waals surface area contributed by atoms with Gasteiger partial charge in [0.1, 0.15) is 11.9 Å². The summed E-state index contributed by atoms with van der Waals surface area (Å²) in [5.41, 5.74) is 0.548. The van der Waals surface area contributed by atoms with Crippen LogP contribution in [0, 0.1) is 0 Å². The van der Waals surface area contributed by atoms with Crippen molar-refractivity contribution in [3.63, 3.8) is 0 Å². The predicted octanol–water partition coefficient (Wildman–Crippen LogP) is 0.855. The predicted molar refractivity (Wildman–Crippen MR) is 101 cm³/mol. The smallest absolute Gasteiger partial charge is 0.281 e. The molecule has 0 spiro atoms. The molecule has 3 rings (SSSR count). The third-order valence-electron chi connectivity index (χ3n) is 4.85. The van der Waals surface area contributed by atoms with E-state index in [1.807, 2.05) is 6.07 Å². The number of carbonyl (C=O) groups excluding carboxylic acids is 1. The zero-order valence-corrected chi connectivity index (χ0v) is 16.6. The molecule has 2 saturated heterocycles. The van der Waals surface area contributed by atoms with Crippen molar-refractivity contribution in [2.75, 3.05) is 40.4 Å². The van der Waals surface area contributed by atoms with Crippen molar-refractivity contribution >= 4 is 16.1 Å². The summed E-state index contributed by atoms with van der Waals surface area (Å²) >= 11 is 0. The minimum atomic E-state index is -3.38. The Labute approximate surface area is 160 Å². The van der Waals surface area contributed by atoms with Gasteiger partial charge in [-0.05, 0) is 37.5 Å². The lowest BCUT2D eigenvalue weighted by Crippen LogP contribution is -2.46. The highest BCUT2D eigenvalue weighted by molar-refractivity contribution is 7.86. The monoisotopic (exact) mass is 397 g/mol. The van der Waals surface area contributed by atoms with E-state index in [0.29, 0.717) is 50.5 Å². The number of hydrogen-bond donors (Lipinski definition) is 1. The highest BCUT2D eigenvalue weighted by Gasteiger charge is 2.30. The first-order chi connectivity index (χ1) is 12.9. The average Bonchev–Trinajstić information content (AvgIpc) is 3.15. The average molecular weight is 397 g/mol. The first-order valence-corrected chi connectivity index (χ1v) is 10.6. The number of carbonyl (C=O) groups is 1. The molecule has 0 aromatic heterocycles. The van der Waals surface area contributed by atoms with E-state index in [1.165, 1.54) is 22.7 Å². The standard InChI is InChI=1S/C18H27N3O5S/c1-20(2)27(23,24)21-9-6-16(7-10-21)26-17-5-3-4-14(12-17)18(22)19-15-8-11-25-13-15/h3-5,12,15-16H,6-11,13H2,1-2H3,(H,19,22)/t15-/m0/s1. The van der Waals surface area contributed by atoms with Gasteiger partial charge in [0.2, 0.25) is 0 Å². The summed E-state index contributed by atoms with van der Waals surface area (Å²) in [6.07, 6.45) is 1.99. The van der Waals surface area contributed by atoms with Gasteiger partial charge >= 0.3 is 0 Å². The van der Waals surface area contributed by atoms with Gasteiger partial charge < -0.3 is 14.8 Å². The van der Waals surface area contributed by atoms with E-state index < -0.39 is 10.2 Å². The van der Waals surface area contributed by atoms with Crippen LogP contribution in [0.2, 0.25) is 0 Å². The number of nitrogens with one attached hydrogen (secondary N) is 1. The van der Waals surface area contributed by atoms with Gasteiger partial charge in [-0.25, -0.2) is 0 Å². The molecular weight excluding hydrogens is 370 g/mol. The third kappa shape index (κ3) is 4.98. The van der Waals surface area contributed by atoms with Gasteiger partial charge in [0.25, 0.3) is 16.1 Å². The molecule has 1 aromatic carbocycles. The molecule has 0 saturated carbocycles. The van der Waals surface area contributed by atoms with E-state index >= 15 is 0 Å². The Morgan fingerprint density at radius 3 is 2.63 bits per heavy atom. The van der Waals surface area contributed by atoms with Gasteiger partial charge in [0.15, 0.2) is 0 Å². The summed E-state index contributed by atoms with van der Waals surface area (Å²) in [6, 6.07) is 7.16. The van der Waals surface area contributed by atoms with Gasteiger partial charge in [-0.1, -0.05) is 6.07 Å². The number of nitrogens with zero attached hydrogens (tertiary/aromatic N) is 2. The molecule has 2 aliphatic rings. The first kappa shape index (κ1) is 20.1. The van der Waals surface area contributed by atoms with E-state index in [4.69, 9.17) is 9.47 Å². The van der Waals surface area contributed by atoms with Crippen molar-refractivity contribution in [1.82, 2.24) is 13.9 Å². The van der Waals surface area contributed by atoms with Crippen LogP contribution in [0.3, 0.4) is 0 Å². The fourth-order valence-electron chi connectivity index (χ4n) is 3.23. The highest BCUT2D eigenvalue weighted by atomic mass is 32.2. The molecule has 2 fully saturated rings. The quantitative estimate of drug-likeness (QED) is 0.769. The minimum absolute atomic E-state index is 0.0602. The Bertz CT molecular complexity index is 754. The topological polar surface area (TPSA) is 88.2 Å². The largest absolute Gasteiger partial charge is 0.490 e. The second-order valence-electron chi connectivity index (χ2n) is 7.07. The van der Waals surface area contributed by atoms with Crippen LogP contribution >= 0.6 is 0 Å². The van der Waals surface area contributed by atoms with Crippen molar-refractivity contribution in [3.05, 3.63) is 29.8 Å². The number of piperidine rings is 1. The summed E-state index contributed by atoms with van der Waals surface area (Å²) in [5.74, 6) is 0.488. The molecule has 27 heavy (non-hydrogen) atoms. The maximum absolute atomic E-state index is 12.4. The van der Waals surface area contributed by atoms with E-state index in [9.17, 15) is 13.2 Å². The third-order valence-corrected chi connectivity index (χ3v) is 6.79. The maximum atomic E-state index is 12.4. The van der Waals surface area contributed by atoms with Crippen LogP contribution in [0.15, 0.2) is 24.3 Å². The number of amides is 1. The molecular formula is C18H27N3O5S. The molecule has 0 bridgehead atoms. The SMILES string of the molecule is CN(C)S(=O)(=O)N1CCC(Oc2cccc(C(=O)N[C@H]3CCOC3)c2)CC1. The van der Waals surface area contributed by atoms with E-state index in [1.54, 1.807) is 18.2 Å².